The summed E-state index contributed by atoms with van der Waals surface area (Å²) in [7, 11) is 0. The quantitative estimate of drug-likeness (QED) is 0.213. The summed E-state index contributed by atoms with van der Waals surface area (Å²) in [5, 5.41) is 25.4. The predicted octanol–water partition coefficient (Wildman–Crippen LogP) is -1.34. The van der Waals surface area contributed by atoms with Gasteiger partial charge < -0.3 is 31.9 Å². The summed E-state index contributed by atoms with van der Waals surface area (Å²) in [6.07, 6.45) is 2.92. The summed E-state index contributed by atoms with van der Waals surface area (Å²) in [4.78, 5) is 47.8. The number of carbonyl (C=O) groups excluding carboxylic acids is 3. The summed E-state index contributed by atoms with van der Waals surface area (Å²) in [5.41, 5.74) is 5.84. The van der Waals surface area contributed by atoms with Crippen LogP contribution in [0, 0.1) is 5.92 Å². The van der Waals surface area contributed by atoms with Crippen molar-refractivity contribution in [2.75, 3.05) is 18.6 Å². The molecule has 11 heteroatoms. The minimum Gasteiger partial charge on any atom is -0.480 e. The van der Waals surface area contributed by atoms with Gasteiger partial charge >= 0.3 is 5.97 Å². The van der Waals surface area contributed by atoms with Gasteiger partial charge in [0.15, 0.2) is 0 Å². The predicted molar refractivity (Wildman–Crippen MR) is 107 cm³/mol. The average Bonchev–Trinajstić information content (AvgIpc) is 2.66. The Balaban J connectivity index is 5.10. The van der Waals surface area contributed by atoms with Gasteiger partial charge in [0.25, 0.3) is 0 Å². The molecule has 0 saturated carbocycles. The summed E-state index contributed by atoms with van der Waals surface area (Å²) in [5.74, 6) is -2.77. The fourth-order valence-corrected chi connectivity index (χ4v) is 2.66. The number of aliphatic hydroxyl groups excluding tert-OH is 1. The van der Waals surface area contributed by atoms with Gasteiger partial charge in [-0.25, -0.2) is 0 Å². The van der Waals surface area contributed by atoms with E-state index in [4.69, 9.17) is 10.8 Å². The van der Waals surface area contributed by atoms with Crippen molar-refractivity contribution in [1.82, 2.24) is 16.0 Å². The van der Waals surface area contributed by atoms with Gasteiger partial charge in [-0.1, -0.05) is 20.3 Å². The summed E-state index contributed by atoms with van der Waals surface area (Å²) in [6.45, 7) is 4.14. The minimum atomic E-state index is -1.34. The van der Waals surface area contributed by atoms with E-state index < -0.39 is 54.5 Å². The highest BCUT2D eigenvalue weighted by molar-refractivity contribution is 7.98. The molecule has 0 radical (unpaired) electrons. The van der Waals surface area contributed by atoms with Crippen LogP contribution in [0.4, 0.5) is 0 Å². The monoisotopic (exact) mass is 420 g/mol. The first-order valence-electron chi connectivity index (χ1n) is 9.08. The zero-order chi connectivity index (χ0) is 21.9. The minimum absolute atomic E-state index is 0.253. The number of aliphatic hydroxyl groups is 1. The number of thioether (sulfide) groups is 1. The van der Waals surface area contributed by atoms with Crippen molar-refractivity contribution in [3.8, 4) is 0 Å². The molecule has 5 atom stereocenters. The lowest BCUT2D eigenvalue weighted by Gasteiger charge is -2.27. The molecule has 7 N–H and O–H groups in total. The number of carboxylic acids is 1. The van der Waals surface area contributed by atoms with Crippen molar-refractivity contribution in [1.29, 1.82) is 0 Å². The first-order chi connectivity index (χ1) is 13.1. The Labute approximate surface area is 169 Å². The zero-order valence-corrected chi connectivity index (χ0v) is 17.5. The first kappa shape index (κ1) is 26.1. The van der Waals surface area contributed by atoms with Crippen molar-refractivity contribution in [2.45, 2.75) is 57.8 Å². The third kappa shape index (κ3) is 8.89. The molecule has 0 aromatic carbocycles. The van der Waals surface area contributed by atoms with Crippen LogP contribution >= 0.6 is 11.8 Å². The van der Waals surface area contributed by atoms with E-state index in [0.29, 0.717) is 18.6 Å². The zero-order valence-electron chi connectivity index (χ0n) is 16.7. The lowest BCUT2D eigenvalue weighted by atomic mass is 9.97. The van der Waals surface area contributed by atoms with Crippen LogP contribution in [0.3, 0.4) is 0 Å². The van der Waals surface area contributed by atoms with E-state index in [1.807, 2.05) is 13.2 Å². The molecule has 0 spiro atoms. The molecule has 28 heavy (non-hydrogen) atoms. The molecule has 10 nitrogen and oxygen atoms in total. The molecule has 0 bridgehead atoms. The van der Waals surface area contributed by atoms with Crippen LogP contribution in [0.5, 0.6) is 0 Å². The summed E-state index contributed by atoms with van der Waals surface area (Å²) in [6, 6.07) is -4.24. The van der Waals surface area contributed by atoms with Gasteiger partial charge in [-0.15, -0.1) is 0 Å². The molecule has 0 fully saturated rings. The van der Waals surface area contributed by atoms with E-state index in [0.717, 1.165) is 0 Å². The van der Waals surface area contributed by atoms with Crippen molar-refractivity contribution in [3.05, 3.63) is 0 Å². The molecule has 0 aliphatic rings. The number of hydrogen-bond donors (Lipinski definition) is 6. The number of hydrogen-bond acceptors (Lipinski definition) is 7. The second-order valence-corrected chi connectivity index (χ2v) is 7.56. The second-order valence-electron chi connectivity index (χ2n) is 6.57. The van der Waals surface area contributed by atoms with Gasteiger partial charge in [0.1, 0.15) is 18.1 Å². The van der Waals surface area contributed by atoms with Crippen LogP contribution < -0.4 is 21.7 Å². The molecule has 0 aliphatic carbocycles. The fraction of sp³-hybridized carbons (Fsp3) is 0.765. The molecule has 162 valence electrons. The van der Waals surface area contributed by atoms with E-state index in [-0.39, 0.29) is 5.92 Å². The van der Waals surface area contributed by atoms with Crippen LogP contribution in [-0.4, -0.2) is 76.7 Å². The normalized spacial score (nSPS) is 16.2. The van der Waals surface area contributed by atoms with Gasteiger partial charge in [-0.3, -0.25) is 19.2 Å². The molecular weight excluding hydrogens is 388 g/mol. The Morgan fingerprint density at radius 2 is 1.64 bits per heavy atom. The molecule has 0 aromatic rings. The number of aliphatic carboxylic acids is 1. The van der Waals surface area contributed by atoms with Crippen LogP contribution in [-0.2, 0) is 19.2 Å². The standard InChI is InChI=1S/C17H32N4O6S/c1-5-9(2)13(21-14(23)11(18)6-7-28-4)16(25)20-12(8-22)15(24)19-10(3)17(26)27/h9-13,22H,5-8,18H2,1-4H3,(H,19,24)(H,20,25)(H,21,23)(H,26,27). The Kier molecular flexibility index (Phi) is 12.5. The van der Waals surface area contributed by atoms with Gasteiger partial charge in [0.05, 0.1) is 12.6 Å². The number of rotatable bonds is 13. The van der Waals surface area contributed by atoms with Crippen molar-refractivity contribution in [3.63, 3.8) is 0 Å². The van der Waals surface area contributed by atoms with Gasteiger partial charge in [-0.05, 0) is 31.3 Å². The second kappa shape index (κ2) is 13.3. The van der Waals surface area contributed by atoms with E-state index >= 15 is 0 Å². The lowest BCUT2D eigenvalue weighted by Crippen LogP contribution is -2.59. The lowest BCUT2D eigenvalue weighted by molar-refractivity contribution is -0.142. The van der Waals surface area contributed by atoms with E-state index in [9.17, 15) is 24.3 Å². The molecule has 0 aliphatic heterocycles. The Morgan fingerprint density at radius 3 is 2.11 bits per heavy atom. The van der Waals surface area contributed by atoms with Gasteiger partial charge in [-0.2, -0.15) is 11.8 Å². The number of nitrogens with one attached hydrogen (secondary N) is 3. The SMILES string of the molecule is CCC(C)C(NC(=O)C(N)CCSC)C(=O)NC(CO)C(=O)NC(C)C(=O)O. The molecule has 0 rings (SSSR count). The average molecular weight is 421 g/mol. The number of carboxylic acid groups (broad SMARTS) is 1. The molecule has 3 amide bonds. The summed E-state index contributed by atoms with van der Waals surface area (Å²) < 4.78 is 0. The number of nitrogens with two attached hydrogens (primary N) is 1. The highest BCUT2D eigenvalue weighted by Crippen LogP contribution is 2.09. The maximum atomic E-state index is 12.6. The van der Waals surface area contributed by atoms with Crippen LogP contribution in [0.15, 0.2) is 0 Å². The topological polar surface area (TPSA) is 171 Å². The molecular formula is C17H32N4O6S. The molecule has 5 unspecified atom stereocenters. The highest BCUT2D eigenvalue weighted by Gasteiger charge is 2.31. The Bertz CT molecular complexity index is 548. The number of amides is 3. The Hall–Kier alpha value is -1.85. The van der Waals surface area contributed by atoms with Gasteiger partial charge in [0, 0.05) is 0 Å². The first-order valence-corrected chi connectivity index (χ1v) is 10.5. The maximum Gasteiger partial charge on any atom is 0.325 e. The van der Waals surface area contributed by atoms with Crippen LogP contribution in [0.2, 0.25) is 0 Å². The van der Waals surface area contributed by atoms with Gasteiger partial charge in [0.2, 0.25) is 17.7 Å². The van der Waals surface area contributed by atoms with E-state index in [1.165, 1.54) is 6.92 Å². The van der Waals surface area contributed by atoms with Crippen LogP contribution in [0.25, 0.3) is 0 Å². The number of carbonyl (C=O) groups is 4. The maximum absolute atomic E-state index is 12.6. The molecule has 0 saturated heterocycles. The van der Waals surface area contributed by atoms with Crippen molar-refractivity contribution in [2.24, 2.45) is 11.7 Å². The Morgan fingerprint density at radius 1 is 1.04 bits per heavy atom. The fourth-order valence-electron chi connectivity index (χ4n) is 2.17. The smallest absolute Gasteiger partial charge is 0.325 e. The van der Waals surface area contributed by atoms with E-state index in [2.05, 4.69) is 16.0 Å². The van der Waals surface area contributed by atoms with Crippen molar-refractivity contribution >= 4 is 35.5 Å². The van der Waals surface area contributed by atoms with E-state index in [1.54, 1.807) is 18.7 Å². The third-order valence-electron chi connectivity index (χ3n) is 4.31. The molecule has 0 heterocycles. The largest absolute Gasteiger partial charge is 0.480 e. The molecule has 0 aromatic heterocycles. The van der Waals surface area contributed by atoms with Crippen molar-refractivity contribution < 1.29 is 29.4 Å². The van der Waals surface area contributed by atoms with Crippen LogP contribution in [0.1, 0.15) is 33.6 Å². The highest BCUT2D eigenvalue weighted by atomic mass is 32.2. The third-order valence-corrected chi connectivity index (χ3v) is 4.95. The summed E-state index contributed by atoms with van der Waals surface area (Å²) >= 11 is 1.55.